The van der Waals surface area contributed by atoms with Crippen LogP contribution in [0.2, 0.25) is 0 Å². The molecule has 1 aromatic heterocycles. The van der Waals surface area contributed by atoms with Crippen LogP contribution in [0.15, 0.2) is 69.4 Å². The number of fused-ring (bicyclic) bond motifs is 1. The van der Waals surface area contributed by atoms with Gasteiger partial charge in [-0.2, -0.15) is 0 Å². The van der Waals surface area contributed by atoms with Crippen molar-refractivity contribution in [3.8, 4) is 0 Å². The van der Waals surface area contributed by atoms with E-state index in [2.05, 4.69) is 9.88 Å². The number of sulfonamides is 1. The second kappa shape index (κ2) is 9.61. The zero-order valence-corrected chi connectivity index (χ0v) is 18.6. The van der Waals surface area contributed by atoms with Gasteiger partial charge in [0.2, 0.25) is 11.9 Å². The molecule has 174 valence electrons. The van der Waals surface area contributed by atoms with E-state index in [1.165, 1.54) is 24.3 Å². The molecule has 0 bridgehead atoms. The Bertz CT molecular complexity index is 1380. The van der Waals surface area contributed by atoms with E-state index in [1.807, 2.05) is 12.1 Å². The summed E-state index contributed by atoms with van der Waals surface area (Å²) in [6, 6.07) is 13.7. The molecule has 0 saturated heterocycles. The molecule has 33 heavy (non-hydrogen) atoms. The van der Waals surface area contributed by atoms with Crippen molar-refractivity contribution >= 4 is 38.3 Å². The van der Waals surface area contributed by atoms with Crippen LogP contribution in [0.1, 0.15) is 18.2 Å². The van der Waals surface area contributed by atoms with Gasteiger partial charge < -0.3 is 22.0 Å². The summed E-state index contributed by atoms with van der Waals surface area (Å²) in [6.07, 6.45) is -0.0201. The lowest BCUT2D eigenvalue weighted by molar-refractivity contribution is -0.121. The largest absolute Gasteiger partial charge is 0.393 e. The van der Waals surface area contributed by atoms with Crippen molar-refractivity contribution in [3.05, 3.63) is 70.6 Å². The number of nitrogens with zero attached hydrogens (tertiary/aromatic N) is 2. The average molecular weight is 473 g/mol. The molecule has 12 heteroatoms. The molecule has 0 fully saturated rings. The van der Waals surface area contributed by atoms with Crippen molar-refractivity contribution in [1.29, 1.82) is 0 Å². The lowest BCUT2D eigenvalue weighted by Gasteiger charge is -2.20. The molecule has 0 saturated carbocycles. The van der Waals surface area contributed by atoms with Crippen molar-refractivity contribution in [2.45, 2.75) is 24.3 Å². The van der Waals surface area contributed by atoms with Gasteiger partial charge in [0.15, 0.2) is 0 Å². The number of amides is 1. The van der Waals surface area contributed by atoms with Gasteiger partial charge in [-0.15, -0.1) is 0 Å². The summed E-state index contributed by atoms with van der Waals surface area (Å²) in [5.41, 5.74) is 15.3. The van der Waals surface area contributed by atoms with E-state index in [9.17, 15) is 18.0 Å². The van der Waals surface area contributed by atoms with Gasteiger partial charge in [-0.3, -0.25) is 18.9 Å². The van der Waals surface area contributed by atoms with Crippen LogP contribution in [0.4, 0.5) is 5.69 Å². The molecule has 0 aliphatic rings. The third kappa shape index (κ3) is 5.41. The van der Waals surface area contributed by atoms with Crippen LogP contribution in [0.3, 0.4) is 0 Å². The highest BCUT2D eigenvalue weighted by Gasteiger charge is 2.24. The average Bonchev–Trinajstić information content (AvgIpc) is 2.76. The fourth-order valence-corrected chi connectivity index (χ4v) is 4.42. The molecule has 2 aromatic carbocycles. The van der Waals surface area contributed by atoms with Crippen LogP contribution in [-0.4, -0.2) is 31.5 Å². The Morgan fingerprint density at radius 3 is 2.45 bits per heavy atom. The maximum Gasteiger partial charge on any atom is 0.275 e. The Morgan fingerprint density at radius 2 is 1.79 bits per heavy atom. The summed E-state index contributed by atoms with van der Waals surface area (Å²) < 4.78 is 29.3. The highest BCUT2D eigenvalue weighted by Crippen LogP contribution is 2.21. The third-order valence-corrected chi connectivity index (χ3v) is 6.25. The number of hydrogen-bond donors (Lipinski definition) is 4. The number of aryl methyl sites for hydroxylation is 1. The Labute approximate surface area is 189 Å². The normalized spacial score (nSPS) is 12.2. The predicted octanol–water partition coefficient (Wildman–Crippen LogP) is 0.732. The lowest BCUT2D eigenvalue weighted by Crippen LogP contribution is -2.37. The minimum Gasteiger partial charge on any atom is -0.393 e. The monoisotopic (exact) mass is 472 g/mol. The maximum absolute atomic E-state index is 13.1. The van der Waals surface area contributed by atoms with E-state index in [1.54, 1.807) is 25.1 Å². The lowest BCUT2D eigenvalue weighted by atomic mass is 10.1. The quantitative estimate of drug-likeness (QED) is 0.153. The van der Waals surface area contributed by atoms with Crippen molar-refractivity contribution in [1.82, 2.24) is 4.57 Å². The standard InChI is InChI=1S/C21H24N6O5S/c1-13-6-9-17(20(29)27(13)18(19(22)28)10-11-32-25-21(23)24)26-33(30,31)16-8-7-14-4-2-3-5-15(14)12-16/h2-9,12,18,26H,10-11H2,1H3,(H2,22,28)(H4,23,24,25). The summed E-state index contributed by atoms with van der Waals surface area (Å²) in [4.78, 5) is 30.1. The van der Waals surface area contributed by atoms with Crippen LogP contribution in [0.25, 0.3) is 10.8 Å². The minimum atomic E-state index is -4.08. The van der Waals surface area contributed by atoms with Crippen molar-refractivity contribution in [2.75, 3.05) is 11.3 Å². The van der Waals surface area contributed by atoms with Crippen molar-refractivity contribution < 1.29 is 18.0 Å². The highest BCUT2D eigenvalue weighted by atomic mass is 32.2. The van der Waals surface area contributed by atoms with Crippen LogP contribution < -0.4 is 27.5 Å². The Hall–Kier alpha value is -4.06. The zero-order chi connectivity index (χ0) is 24.2. The van der Waals surface area contributed by atoms with Crippen molar-refractivity contribution in [3.63, 3.8) is 0 Å². The van der Waals surface area contributed by atoms with E-state index in [4.69, 9.17) is 22.0 Å². The second-order valence-electron chi connectivity index (χ2n) is 7.23. The van der Waals surface area contributed by atoms with Crippen LogP contribution in [0.5, 0.6) is 0 Å². The number of nitrogens with one attached hydrogen (secondary N) is 1. The Morgan fingerprint density at radius 1 is 1.09 bits per heavy atom. The molecule has 0 spiro atoms. The molecule has 0 aliphatic heterocycles. The molecule has 1 amide bonds. The van der Waals surface area contributed by atoms with E-state index in [0.717, 1.165) is 15.3 Å². The molecule has 1 atom stereocenters. The smallest absolute Gasteiger partial charge is 0.275 e. The van der Waals surface area contributed by atoms with Gasteiger partial charge in [0, 0.05) is 12.1 Å². The Balaban J connectivity index is 1.94. The number of hydrogen-bond acceptors (Lipinski definition) is 6. The molecule has 0 aliphatic carbocycles. The summed E-state index contributed by atoms with van der Waals surface area (Å²) in [5, 5.41) is 4.97. The number of benzene rings is 2. The first kappa shape index (κ1) is 23.6. The number of guanidine groups is 1. The molecule has 3 aromatic rings. The van der Waals surface area contributed by atoms with Crippen molar-refractivity contribution in [2.24, 2.45) is 22.4 Å². The van der Waals surface area contributed by atoms with Gasteiger partial charge in [0.25, 0.3) is 15.6 Å². The number of primary amides is 1. The van der Waals surface area contributed by atoms with Gasteiger partial charge in [-0.05, 0) is 47.1 Å². The number of carbonyl (C=O) groups excluding carboxylic acids is 1. The molecule has 1 heterocycles. The van der Waals surface area contributed by atoms with Gasteiger partial charge in [-0.1, -0.05) is 30.3 Å². The fourth-order valence-electron chi connectivity index (χ4n) is 3.33. The number of anilines is 1. The topological polar surface area (TPSA) is 185 Å². The molecule has 1 unspecified atom stereocenters. The SMILES string of the molecule is Cc1ccc(NS(=O)(=O)c2ccc3ccccc3c2)c(=O)n1C(CCON=C(N)N)C(N)=O. The van der Waals surface area contributed by atoms with Crippen LogP contribution in [-0.2, 0) is 19.7 Å². The fraction of sp³-hybridized carbons (Fsp3) is 0.190. The van der Waals surface area contributed by atoms with Gasteiger partial charge in [0.1, 0.15) is 18.3 Å². The molecular formula is C21H24N6O5S. The van der Waals surface area contributed by atoms with Gasteiger partial charge in [0.05, 0.1) is 4.90 Å². The Kier molecular flexibility index (Phi) is 6.87. The first-order valence-electron chi connectivity index (χ1n) is 9.84. The number of nitrogens with two attached hydrogens (primary N) is 3. The van der Waals surface area contributed by atoms with E-state index in [-0.39, 0.29) is 29.6 Å². The summed E-state index contributed by atoms with van der Waals surface area (Å²) in [5.74, 6) is -1.10. The molecule has 3 rings (SSSR count). The van der Waals surface area contributed by atoms with E-state index in [0.29, 0.717) is 5.69 Å². The number of oxime groups is 1. The van der Waals surface area contributed by atoms with Crippen LogP contribution in [0, 0.1) is 6.92 Å². The van der Waals surface area contributed by atoms with Gasteiger partial charge in [-0.25, -0.2) is 8.42 Å². The highest BCUT2D eigenvalue weighted by molar-refractivity contribution is 7.92. The minimum absolute atomic E-state index is 0.00943. The second-order valence-corrected chi connectivity index (χ2v) is 8.92. The summed E-state index contributed by atoms with van der Waals surface area (Å²) >= 11 is 0. The molecule has 7 N–H and O–H groups in total. The summed E-state index contributed by atoms with van der Waals surface area (Å²) in [7, 11) is -4.08. The number of rotatable bonds is 9. The molecule has 0 radical (unpaired) electrons. The van der Waals surface area contributed by atoms with Gasteiger partial charge >= 0.3 is 0 Å². The van der Waals surface area contributed by atoms with Crippen LogP contribution >= 0.6 is 0 Å². The third-order valence-electron chi connectivity index (χ3n) is 4.89. The number of pyridine rings is 1. The zero-order valence-electron chi connectivity index (χ0n) is 17.8. The first-order chi connectivity index (χ1) is 15.6. The number of carbonyl (C=O) groups is 1. The predicted molar refractivity (Wildman–Crippen MR) is 125 cm³/mol. The van der Waals surface area contributed by atoms with E-state index < -0.39 is 27.5 Å². The number of aromatic nitrogens is 1. The summed E-state index contributed by atoms with van der Waals surface area (Å²) in [6.45, 7) is 1.49. The maximum atomic E-state index is 13.1. The first-order valence-corrected chi connectivity index (χ1v) is 11.3. The molecular weight excluding hydrogens is 448 g/mol. The van der Waals surface area contributed by atoms with E-state index >= 15 is 0 Å². The molecule has 11 nitrogen and oxygen atoms in total.